The molecule has 2 rings (SSSR count). The van der Waals surface area contributed by atoms with E-state index >= 15 is 0 Å². The maximum Gasteiger partial charge on any atom is 0.188 e. The van der Waals surface area contributed by atoms with E-state index in [0.29, 0.717) is 19.1 Å². The summed E-state index contributed by atoms with van der Waals surface area (Å²) in [4.78, 5) is 4.64. The standard InChI is InChI=1S/C19H31N3O3.HI/c1-14-5-6-17(24-4)16(11-14)19(7-9-25-10-8-19)13-21-18(20)22-15(2)12-23-3;/h5-6,11,15H,7-10,12-13H2,1-4H3,(H3,20,21,22);1H. The first-order chi connectivity index (χ1) is 12.0. The molecule has 1 unspecified atom stereocenters. The zero-order valence-corrected chi connectivity index (χ0v) is 18.5. The fraction of sp³-hybridized carbons (Fsp3) is 0.632. The Morgan fingerprint density at radius 3 is 2.65 bits per heavy atom. The molecule has 0 spiro atoms. The average Bonchev–Trinajstić information content (AvgIpc) is 2.61. The molecule has 0 amide bonds. The van der Waals surface area contributed by atoms with Crippen molar-refractivity contribution in [2.45, 2.75) is 38.1 Å². The smallest absolute Gasteiger partial charge is 0.188 e. The fourth-order valence-corrected chi connectivity index (χ4v) is 3.34. The Kier molecular flexibility index (Phi) is 9.67. The van der Waals surface area contributed by atoms with E-state index < -0.39 is 0 Å². The summed E-state index contributed by atoms with van der Waals surface area (Å²) in [6.07, 6.45) is 1.80. The zero-order valence-electron chi connectivity index (χ0n) is 16.2. The van der Waals surface area contributed by atoms with Gasteiger partial charge in [0.15, 0.2) is 5.96 Å². The van der Waals surface area contributed by atoms with E-state index in [9.17, 15) is 0 Å². The van der Waals surface area contributed by atoms with Gasteiger partial charge in [0.25, 0.3) is 0 Å². The van der Waals surface area contributed by atoms with Crippen molar-refractivity contribution in [3.8, 4) is 5.75 Å². The topological polar surface area (TPSA) is 78.1 Å². The quantitative estimate of drug-likeness (QED) is 0.359. The van der Waals surface area contributed by atoms with Gasteiger partial charge in [0.2, 0.25) is 0 Å². The van der Waals surface area contributed by atoms with Gasteiger partial charge in [-0.3, -0.25) is 4.99 Å². The monoisotopic (exact) mass is 477 g/mol. The molecule has 26 heavy (non-hydrogen) atoms. The van der Waals surface area contributed by atoms with Crippen LogP contribution in [0.2, 0.25) is 0 Å². The molecule has 3 N–H and O–H groups in total. The Labute approximate surface area is 173 Å². The number of nitrogens with two attached hydrogens (primary N) is 1. The number of hydrogen-bond acceptors (Lipinski definition) is 4. The minimum Gasteiger partial charge on any atom is -0.496 e. The van der Waals surface area contributed by atoms with Gasteiger partial charge in [-0.2, -0.15) is 0 Å². The largest absolute Gasteiger partial charge is 0.496 e. The number of guanidine groups is 1. The molecule has 6 nitrogen and oxygen atoms in total. The summed E-state index contributed by atoms with van der Waals surface area (Å²) >= 11 is 0. The Morgan fingerprint density at radius 1 is 1.35 bits per heavy atom. The van der Waals surface area contributed by atoms with E-state index in [4.69, 9.17) is 19.9 Å². The summed E-state index contributed by atoms with van der Waals surface area (Å²) in [6.45, 7) is 6.75. The average molecular weight is 477 g/mol. The van der Waals surface area contributed by atoms with Gasteiger partial charge in [0.1, 0.15) is 5.75 Å². The number of ether oxygens (including phenoxy) is 3. The number of nitrogens with one attached hydrogen (secondary N) is 1. The summed E-state index contributed by atoms with van der Waals surface area (Å²) in [7, 11) is 3.39. The molecule has 1 saturated heterocycles. The minimum absolute atomic E-state index is 0. The van der Waals surface area contributed by atoms with Crippen molar-refractivity contribution in [3.05, 3.63) is 29.3 Å². The zero-order chi connectivity index (χ0) is 18.3. The molecule has 0 bridgehead atoms. The first-order valence-corrected chi connectivity index (χ1v) is 8.79. The Bertz CT molecular complexity index is 589. The molecular formula is C19H32IN3O3. The predicted molar refractivity (Wildman–Crippen MR) is 116 cm³/mol. The second kappa shape index (κ2) is 10.9. The van der Waals surface area contributed by atoms with Crippen molar-refractivity contribution < 1.29 is 14.2 Å². The van der Waals surface area contributed by atoms with E-state index in [1.54, 1.807) is 14.2 Å². The number of methoxy groups -OCH3 is 2. The highest BCUT2D eigenvalue weighted by molar-refractivity contribution is 14.0. The van der Waals surface area contributed by atoms with Crippen LogP contribution in [0, 0.1) is 6.92 Å². The van der Waals surface area contributed by atoms with Crippen LogP contribution >= 0.6 is 24.0 Å². The molecule has 1 aromatic rings. The Morgan fingerprint density at radius 2 is 2.04 bits per heavy atom. The first kappa shape index (κ1) is 23.0. The molecule has 0 aliphatic carbocycles. The van der Waals surface area contributed by atoms with Crippen molar-refractivity contribution in [2.24, 2.45) is 10.7 Å². The van der Waals surface area contributed by atoms with Gasteiger partial charge in [0, 0.05) is 37.3 Å². The van der Waals surface area contributed by atoms with Crippen LogP contribution in [0.1, 0.15) is 30.9 Å². The van der Waals surface area contributed by atoms with Crippen molar-refractivity contribution >= 4 is 29.9 Å². The number of halogens is 1. The Hall–Kier alpha value is -1.06. The van der Waals surface area contributed by atoms with Crippen LogP contribution in [-0.2, 0) is 14.9 Å². The third kappa shape index (κ3) is 5.99. The van der Waals surface area contributed by atoms with Crippen LogP contribution in [0.15, 0.2) is 23.2 Å². The van der Waals surface area contributed by atoms with Crippen LogP contribution in [-0.4, -0.2) is 52.6 Å². The van der Waals surface area contributed by atoms with Gasteiger partial charge in [-0.05, 0) is 32.8 Å². The highest BCUT2D eigenvalue weighted by Crippen LogP contribution is 2.40. The van der Waals surface area contributed by atoms with Crippen molar-refractivity contribution in [1.82, 2.24) is 5.32 Å². The van der Waals surface area contributed by atoms with Crippen LogP contribution in [0.3, 0.4) is 0 Å². The third-order valence-electron chi connectivity index (χ3n) is 4.74. The molecule has 0 saturated carbocycles. The van der Waals surface area contributed by atoms with Crippen LogP contribution < -0.4 is 15.8 Å². The van der Waals surface area contributed by atoms with Crippen molar-refractivity contribution in [3.63, 3.8) is 0 Å². The van der Waals surface area contributed by atoms with Crippen LogP contribution in [0.4, 0.5) is 0 Å². The highest BCUT2D eigenvalue weighted by Gasteiger charge is 2.37. The van der Waals surface area contributed by atoms with Gasteiger partial charge in [-0.15, -0.1) is 24.0 Å². The maximum absolute atomic E-state index is 6.08. The third-order valence-corrected chi connectivity index (χ3v) is 4.74. The summed E-state index contributed by atoms with van der Waals surface area (Å²) in [5.41, 5.74) is 8.37. The number of hydrogen-bond donors (Lipinski definition) is 2. The van der Waals surface area contributed by atoms with E-state index in [1.807, 2.05) is 13.0 Å². The number of aryl methyl sites for hydroxylation is 1. The van der Waals surface area contributed by atoms with Crippen LogP contribution in [0.25, 0.3) is 0 Å². The van der Waals surface area contributed by atoms with E-state index in [0.717, 1.165) is 31.8 Å². The molecule has 1 aromatic carbocycles. The molecule has 0 aromatic heterocycles. The minimum atomic E-state index is -0.119. The van der Waals surface area contributed by atoms with Gasteiger partial charge in [-0.1, -0.05) is 17.7 Å². The Balaban J connectivity index is 0.00000338. The van der Waals surface area contributed by atoms with E-state index in [-0.39, 0.29) is 35.4 Å². The summed E-state index contributed by atoms with van der Waals surface area (Å²) < 4.78 is 16.4. The molecule has 0 radical (unpaired) electrons. The second-order valence-corrected chi connectivity index (χ2v) is 6.80. The molecule has 148 valence electrons. The van der Waals surface area contributed by atoms with E-state index in [2.05, 4.69) is 29.4 Å². The fourth-order valence-electron chi connectivity index (χ4n) is 3.34. The lowest BCUT2D eigenvalue weighted by Crippen LogP contribution is -2.43. The molecule has 1 heterocycles. The molecule has 1 atom stereocenters. The molecule has 1 fully saturated rings. The summed E-state index contributed by atoms with van der Waals surface area (Å²) in [5, 5.41) is 3.17. The highest BCUT2D eigenvalue weighted by atomic mass is 127. The molecular weight excluding hydrogens is 445 g/mol. The normalized spacial score (nSPS) is 17.9. The van der Waals surface area contributed by atoms with Crippen molar-refractivity contribution in [1.29, 1.82) is 0 Å². The van der Waals surface area contributed by atoms with Gasteiger partial charge < -0.3 is 25.3 Å². The van der Waals surface area contributed by atoms with Gasteiger partial charge in [-0.25, -0.2) is 0 Å². The van der Waals surface area contributed by atoms with E-state index in [1.165, 1.54) is 11.1 Å². The lowest BCUT2D eigenvalue weighted by Gasteiger charge is -2.37. The lowest BCUT2D eigenvalue weighted by atomic mass is 9.73. The predicted octanol–water partition coefficient (Wildman–Crippen LogP) is 2.61. The SMILES string of the molecule is COCC(C)NC(N)=NCC1(c2cc(C)ccc2OC)CCOCC1.I. The lowest BCUT2D eigenvalue weighted by molar-refractivity contribution is 0.0522. The summed E-state index contributed by atoms with van der Waals surface area (Å²) in [5.74, 6) is 1.35. The van der Waals surface area contributed by atoms with Crippen molar-refractivity contribution in [2.75, 3.05) is 40.6 Å². The van der Waals surface area contributed by atoms with Gasteiger partial charge in [0.05, 0.1) is 20.3 Å². The van der Waals surface area contributed by atoms with Gasteiger partial charge >= 0.3 is 0 Å². The number of benzene rings is 1. The summed E-state index contributed by atoms with van der Waals surface area (Å²) in [6, 6.07) is 6.43. The maximum atomic E-state index is 6.08. The molecule has 7 heteroatoms. The number of nitrogens with zero attached hydrogens (tertiary/aromatic N) is 1. The molecule has 1 aliphatic heterocycles. The molecule has 1 aliphatic rings. The second-order valence-electron chi connectivity index (χ2n) is 6.80. The number of aliphatic imine (C=N–C) groups is 1. The van der Waals surface area contributed by atoms with Crippen LogP contribution in [0.5, 0.6) is 5.75 Å². The number of rotatable bonds is 7. The first-order valence-electron chi connectivity index (χ1n) is 8.79.